The molecule has 142 valence electrons. The van der Waals surface area contributed by atoms with Crippen LogP contribution in [0.4, 0.5) is 11.4 Å². The van der Waals surface area contributed by atoms with Crippen LogP contribution in [0.5, 0.6) is 5.75 Å². The number of rotatable bonds is 5. The Bertz CT molecular complexity index is 1200. The Balaban J connectivity index is 2.18. The lowest BCUT2D eigenvalue weighted by Gasteiger charge is -2.07. The van der Waals surface area contributed by atoms with Crippen molar-refractivity contribution in [3.8, 4) is 5.75 Å². The van der Waals surface area contributed by atoms with Crippen LogP contribution >= 0.6 is 0 Å². The van der Waals surface area contributed by atoms with Crippen LogP contribution in [-0.4, -0.2) is 32.0 Å². The first-order valence-corrected chi connectivity index (χ1v) is 7.72. The molecule has 0 saturated heterocycles. The minimum absolute atomic E-state index is 0.0452. The average molecular weight is 384 g/mol. The van der Waals surface area contributed by atoms with Crippen molar-refractivity contribution in [3.05, 3.63) is 78.2 Å². The highest BCUT2D eigenvalue weighted by atomic mass is 16.6. The minimum atomic E-state index is -0.919. The number of methoxy groups -OCH3 is 1. The predicted molar refractivity (Wildman–Crippen MR) is 99.2 cm³/mol. The molecule has 3 rings (SSSR count). The van der Waals surface area contributed by atoms with Gasteiger partial charge in [0.25, 0.3) is 5.56 Å². The molecule has 0 aliphatic carbocycles. The molecule has 0 aliphatic heterocycles. The van der Waals surface area contributed by atoms with E-state index in [1.54, 1.807) is 24.3 Å². The number of fused-ring (bicyclic) bond motifs is 1. The highest BCUT2D eigenvalue weighted by Gasteiger charge is 2.26. The van der Waals surface area contributed by atoms with Crippen LogP contribution in [-0.2, 0) is 0 Å². The van der Waals surface area contributed by atoms with E-state index in [0.29, 0.717) is 11.3 Å². The fourth-order valence-corrected chi connectivity index (χ4v) is 2.58. The van der Waals surface area contributed by atoms with Gasteiger partial charge in [0.15, 0.2) is 0 Å². The van der Waals surface area contributed by atoms with E-state index >= 15 is 0 Å². The molecule has 1 aromatic heterocycles. The molecular formula is C17H12N4O7. The number of hydrogen-bond acceptors (Lipinski definition) is 8. The number of aliphatic hydroxyl groups excluding tert-OH is 1. The second kappa shape index (κ2) is 7.15. The molecular weight excluding hydrogens is 372 g/mol. The molecule has 0 amide bonds. The smallest absolute Gasteiger partial charge is 0.348 e. The summed E-state index contributed by atoms with van der Waals surface area (Å²) in [4.78, 5) is 38.9. The maximum Gasteiger partial charge on any atom is 0.348 e. The molecule has 0 saturated carbocycles. The second-order valence-corrected chi connectivity index (χ2v) is 5.55. The lowest BCUT2D eigenvalue weighted by Crippen LogP contribution is -2.12. The molecule has 0 radical (unpaired) electrons. The van der Waals surface area contributed by atoms with Gasteiger partial charge in [-0.2, -0.15) is 0 Å². The number of nitrogens with zero attached hydrogens (tertiary/aromatic N) is 3. The van der Waals surface area contributed by atoms with Crippen LogP contribution in [0.25, 0.3) is 22.9 Å². The van der Waals surface area contributed by atoms with Crippen molar-refractivity contribution in [2.24, 2.45) is 0 Å². The van der Waals surface area contributed by atoms with Crippen molar-refractivity contribution in [1.29, 1.82) is 0 Å². The fraction of sp³-hybridized carbons (Fsp3) is 0.0588. The van der Waals surface area contributed by atoms with Crippen LogP contribution in [0.1, 0.15) is 11.3 Å². The number of aliphatic hydroxyl groups is 1. The van der Waals surface area contributed by atoms with Crippen molar-refractivity contribution in [2.45, 2.75) is 0 Å². The van der Waals surface area contributed by atoms with E-state index < -0.39 is 26.8 Å². The molecule has 11 heteroatoms. The topological polar surface area (TPSA) is 161 Å². The van der Waals surface area contributed by atoms with Crippen molar-refractivity contribution < 1.29 is 19.7 Å². The normalized spacial score (nSPS) is 11.4. The van der Waals surface area contributed by atoms with E-state index in [1.807, 2.05) is 0 Å². The highest BCUT2D eigenvalue weighted by molar-refractivity contribution is 5.84. The molecule has 0 atom stereocenters. The summed E-state index contributed by atoms with van der Waals surface area (Å²) in [6.45, 7) is 0. The average Bonchev–Trinajstić information content (AvgIpc) is 2.67. The van der Waals surface area contributed by atoms with Gasteiger partial charge in [0.1, 0.15) is 17.2 Å². The summed E-state index contributed by atoms with van der Waals surface area (Å²) in [7, 11) is 1.42. The van der Waals surface area contributed by atoms with Gasteiger partial charge in [-0.3, -0.25) is 25.0 Å². The number of hydrogen-bond donors (Lipinski definition) is 2. The quantitative estimate of drug-likeness (QED) is 0.385. The molecule has 0 aliphatic rings. The second-order valence-electron chi connectivity index (χ2n) is 5.55. The standard InChI is InChI=1S/C17H12N4O7/c1-28-16-5-3-2-4-9(16)15(22)8-12-17(23)19-11-7-14(21(26)27)13(20(24)25)6-10(11)18-12/h2-8,22H,1H3,(H,19,23)/b15-8+. The highest BCUT2D eigenvalue weighted by Crippen LogP contribution is 2.30. The molecule has 1 heterocycles. The van der Waals surface area contributed by atoms with Gasteiger partial charge in [-0.05, 0) is 12.1 Å². The zero-order valence-electron chi connectivity index (χ0n) is 14.3. The van der Waals surface area contributed by atoms with E-state index in [9.17, 15) is 30.1 Å². The van der Waals surface area contributed by atoms with Gasteiger partial charge in [-0.1, -0.05) is 12.1 Å². The first-order valence-electron chi connectivity index (χ1n) is 7.72. The summed E-state index contributed by atoms with van der Waals surface area (Å²) in [6, 6.07) is 8.29. The number of nitro benzene ring substituents is 2. The molecule has 0 spiro atoms. The van der Waals surface area contributed by atoms with E-state index in [1.165, 1.54) is 7.11 Å². The zero-order chi connectivity index (χ0) is 20.4. The molecule has 28 heavy (non-hydrogen) atoms. The van der Waals surface area contributed by atoms with Gasteiger partial charge >= 0.3 is 11.4 Å². The Morgan fingerprint density at radius 1 is 1.18 bits per heavy atom. The maximum atomic E-state index is 12.2. The van der Waals surface area contributed by atoms with E-state index in [-0.39, 0.29) is 22.5 Å². The molecule has 0 fully saturated rings. The summed E-state index contributed by atoms with van der Waals surface area (Å²) < 4.78 is 5.14. The molecule has 3 aromatic rings. The third-order valence-corrected chi connectivity index (χ3v) is 3.86. The monoisotopic (exact) mass is 384 g/mol. The van der Waals surface area contributed by atoms with Crippen LogP contribution in [0.3, 0.4) is 0 Å². The summed E-state index contributed by atoms with van der Waals surface area (Å²) in [5.74, 6) is 0.0472. The zero-order valence-corrected chi connectivity index (χ0v) is 14.3. The first-order chi connectivity index (χ1) is 13.3. The van der Waals surface area contributed by atoms with Gasteiger partial charge in [0, 0.05) is 12.1 Å². The summed E-state index contributed by atoms with van der Waals surface area (Å²) in [5, 5.41) is 32.4. The van der Waals surface area contributed by atoms with Crippen LogP contribution in [0, 0.1) is 20.2 Å². The van der Waals surface area contributed by atoms with Crippen LogP contribution in [0.15, 0.2) is 41.2 Å². The summed E-state index contributed by atoms with van der Waals surface area (Å²) in [5.41, 5.74) is -2.29. The van der Waals surface area contributed by atoms with E-state index in [2.05, 4.69) is 9.97 Å². The Morgan fingerprint density at radius 3 is 2.46 bits per heavy atom. The number of H-pyrrole nitrogens is 1. The molecule has 0 bridgehead atoms. The number of aromatic amines is 1. The first kappa shape index (κ1) is 18.5. The van der Waals surface area contributed by atoms with Gasteiger partial charge in [-0.25, -0.2) is 4.98 Å². The molecule has 11 nitrogen and oxygen atoms in total. The van der Waals surface area contributed by atoms with Gasteiger partial charge in [0.05, 0.1) is 39.6 Å². The van der Waals surface area contributed by atoms with Crippen molar-refractivity contribution in [3.63, 3.8) is 0 Å². The third-order valence-electron chi connectivity index (χ3n) is 3.86. The Morgan fingerprint density at radius 2 is 1.82 bits per heavy atom. The lowest BCUT2D eigenvalue weighted by atomic mass is 10.1. The van der Waals surface area contributed by atoms with Crippen LogP contribution < -0.4 is 10.3 Å². The summed E-state index contributed by atoms with van der Waals surface area (Å²) in [6.07, 6.45) is 1.07. The predicted octanol–water partition coefficient (Wildman–Crippen LogP) is 2.80. The number of para-hydroxylation sites is 1. The van der Waals surface area contributed by atoms with Crippen molar-refractivity contribution >= 4 is 34.2 Å². The number of nitrogens with one attached hydrogen (secondary N) is 1. The van der Waals surface area contributed by atoms with Gasteiger partial charge < -0.3 is 14.8 Å². The number of ether oxygens (including phenoxy) is 1. The van der Waals surface area contributed by atoms with Gasteiger partial charge in [-0.15, -0.1) is 0 Å². The fourth-order valence-electron chi connectivity index (χ4n) is 2.58. The summed E-state index contributed by atoms with van der Waals surface area (Å²) >= 11 is 0. The number of benzene rings is 2. The molecule has 2 N–H and O–H groups in total. The number of aromatic nitrogens is 2. The Hall–Kier alpha value is -4.28. The SMILES string of the molecule is COc1ccccc1/C(O)=C\c1nc2cc([N+](=O)[O-])c([N+](=O)[O-])cc2[nH]c1=O. The Labute approximate surface area is 155 Å². The largest absolute Gasteiger partial charge is 0.507 e. The van der Waals surface area contributed by atoms with Crippen molar-refractivity contribution in [2.75, 3.05) is 7.11 Å². The maximum absolute atomic E-state index is 12.2. The third kappa shape index (κ3) is 3.35. The van der Waals surface area contributed by atoms with Gasteiger partial charge in [0.2, 0.25) is 0 Å². The Kier molecular flexibility index (Phi) is 4.73. The lowest BCUT2D eigenvalue weighted by molar-refractivity contribution is -0.422. The van der Waals surface area contributed by atoms with Crippen LogP contribution in [0.2, 0.25) is 0 Å². The molecule has 0 unspecified atom stereocenters. The van der Waals surface area contributed by atoms with E-state index in [0.717, 1.165) is 18.2 Å². The van der Waals surface area contributed by atoms with E-state index in [4.69, 9.17) is 4.74 Å². The van der Waals surface area contributed by atoms with Crippen molar-refractivity contribution in [1.82, 2.24) is 9.97 Å². The molecule has 2 aromatic carbocycles. The minimum Gasteiger partial charge on any atom is -0.507 e. The number of nitro groups is 2.